The number of hydrogen-bond acceptors (Lipinski definition) is 4. The number of fused-ring (bicyclic) bond motifs is 1. The predicted octanol–water partition coefficient (Wildman–Crippen LogP) is 3.18. The van der Waals surface area contributed by atoms with E-state index in [2.05, 4.69) is 24.1 Å². The maximum Gasteiger partial charge on any atom is 0.242 e. The molecule has 2 aromatic rings. The maximum atomic E-state index is 12.4. The highest BCUT2D eigenvalue weighted by atomic mass is 32.2. The quantitative estimate of drug-likeness (QED) is 0.637. The van der Waals surface area contributed by atoms with Crippen molar-refractivity contribution in [2.45, 2.75) is 70.9 Å². The van der Waals surface area contributed by atoms with Gasteiger partial charge in [0.05, 0.1) is 15.9 Å². The van der Waals surface area contributed by atoms with E-state index in [1.165, 1.54) is 18.4 Å². The molecule has 0 radical (unpaired) electrons. The lowest BCUT2D eigenvalue weighted by atomic mass is 10.0. The fourth-order valence-corrected chi connectivity index (χ4v) is 4.22. The van der Waals surface area contributed by atoms with E-state index < -0.39 is 10.0 Å². The molecule has 29 heavy (non-hydrogen) atoms. The summed E-state index contributed by atoms with van der Waals surface area (Å²) in [6.45, 7) is 9.12. The van der Waals surface area contributed by atoms with Crippen molar-refractivity contribution in [1.82, 2.24) is 19.2 Å². The molecule has 8 heteroatoms. The topological polar surface area (TPSA) is 84.3 Å². The third-order valence-electron chi connectivity index (χ3n) is 5.05. The summed E-state index contributed by atoms with van der Waals surface area (Å²) in [5, 5.41) is 3.06. The highest BCUT2D eigenvalue weighted by Crippen LogP contribution is 2.22. The Kier molecular flexibility index (Phi) is 7.82. The van der Waals surface area contributed by atoms with E-state index in [-0.39, 0.29) is 16.8 Å². The van der Waals surface area contributed by atoms with Crippen molar-refractivity contribution in [2.24, 2.45) is 5.92 Å². The van der Waals surface area contributed by atoms with Crippen LogP contribution in [0.3, 0.4) is 0 Å². The number of rotatable bonds is 10. The lowest BCUT2D eigenvalue weighted by Gasteiger charge is -2.15. The van der Waals surface area contributed by atoms with Gasteiger partial charge < -0.3 is 9.88 Å². The number of nitrogens with one attached hydrogen (secondary N) is 1. The zero-order chi connectivity index (χ0) is 21.8. The Hall–Kier alpha value is -1.93. The molecule has 1 aromatic carbocycles. The molecule has 1 amide bonds. The zero-order valence-electron chi connectivity index (χ0n) is 18.4. The van der Waals surface area contributed by atoms with Crippen LogP contribution in [0.15, 0.2) is 23.1 Å². The molecule has 0 saturated heterocycles. The number of nitrogens with zero attached hydrogens (tertiary/aromatic N) is 3. The molecule has 162 valence electrons. The van der Waals surface area contributed by atoms with E-state index >= 15 is 0 Å². The average Bonchev–Trinajstić information content (AvgIpc) is 3.01. The van der Waals surface area contributed by atoms with Crippen LogP contribution >= 0.6 is 0 Å². The number of hydrogen-bond donors (Lipinski definition) is 1. The van der Waals surface area contributed by atoms with Gasteiger partial charge in [0.15, 0.2) is 0 Å². The van der Waals surface area contributed by atoms with Crippen LogP contribution in [0.4, 0.5) is 0 Å². The Bertz CT molecular complexity index is 948. The van der Waals surface area contributed by atoms with Gasteiger partial charge in [-0.3, -0.25) is 4.79 Å². The highest BCUT2D eigenvalue weighted by Gasteiger charge is 2.20. The summed E-state index contributed by atoms with van der Waals surface area (Å²) < 4.78 is 28.0. The van der Waals surface area contributed by atoms with Crippen molar-refractivity contribution < 1.29 is 13.2 Å². The number of amides is 1. The third kappa shape index (κ3) is 5.79. The highest BCUT2D eigenvalue weighted by molar-refractivity contribution is 7.89. The van der Waals surface area contributed by atoms with Gasteiger partial charge in [-0.05, 0) is 50.8 Å². The molecule has 1 aromatic heterocycles. The lowest BCUT2D eigenvalue weighted by Crippen LogP contribution is -2.33. The molecule has 1 N–H and O–H groups in total. The standard InChI is InChI=1S/C21H34N4O3S/c1-7-25-19-11-10-17(29(27,28)24(5)6)14-18(19)23-20(25)12-13-21(26)22-16(4)9-8-15(2)3/h10-11,14-16H,7-9,12-13H2,1-6H3,(H,22,26). The van der Waals surface area contributed by atoms with Crippen LogP contribution < -0.4 is 5.32 Å². The Morgan fingerprint density at radius 1 is 1.21 bits per heavy atom. The normalized spacial score (nSPS) is 13.4. The molecule has 1 heterocycles. The van der Waals surface area contributed by atoms with E-state index in [0.717, 1.165) is 24.2 Å². The molecule has 0 spiro atoms. The number of imidazole rings is 1. The Balaban J connectivity index is 2.14. The van der Waals surface area contributed by atoms with Crippen LogP contribution in [0.5, 0.6) is 0 Å². The second kappa shape index (κ2) is 9.71. The SMILES string of the molecule is CCn1c(CCC(=O)NC(C)CCC(C)C)nc2cc(S(=O)(=O)N(C)C)ccc21. The number of carbonyl (C=O) groups excluding carboxylic acids is 1. The Labute approximate surface area is 174 Å². The van der Waals surface area contributed by atoms with Gasteiger partial charge in [-0.2, -0.15) is 0 Å². The summed E-state index contributed by atoms with van der Waals surface area (Å²) in [6.07, 6.45) is 2.94. The maximum absolute atomic E-state index is 12.4. The molecule has 0 aliphatic heterocycles. The number of aryl methyl sites for hydroxylation is 2. The van der Waals surface area contributed by atoms with Crippen molar-refractivity contribution in [3.05, 3.63) is 24.0 Å². The van der Waals surface area contributed by atoms with Crippen molar-refractivity contribution in [3.8, 4) is 0 Å². The fourth-order valence-electron chi connectivity index (χ4n) is 3.30. The minimum Gasteiger partial charge on any atom is -0.354 e. The van der Waals surface area contributed by atoms with Crippen LogP contribution in [0.2, 0.25) is 0 Å². The molecule has 1 unspecified atom stereocenters. The smallest absolute Gasteiger partial charge is 0.242 e. The first kappa shape index (κ1) is 23.3. The van der Waals surface area contributed by atoms with Gasteiger partial charge in [0, 0.05) is 39.5 Å². The predicted molar refractivity (Wildman–Crippen MR) is 116 cm³/mol. The first-order valence-corrected chi connectivity index (χ1v) is 11.7. The van der Waals surface area contributed by atoms with Gasteiger partial charge in [0.2, 0.25) is 15.9 Å². The number of benzene rings is 1. The van der Waals surface area contributed by atoms with E-state index in [9.17, 15) is 13.2 Å². The average molecular weight is 423 g/mol. The second-order valence-electron chi connectivity index (χ2n) is 8.15. The third-order valence-corrected chi connectivity index (χ3v) is 6.86. The molecule has 0 aliphatic carbocycles. The Morgan fingerprint density at radius 3 is 2.48 bits per heavy atom. The number of aromatic nitrogens is 2. The summed E-state index contributed by atoms with van der Waals surface area (Å²) in [5.41, 5.74) is 1.52. The van der Waals surface area contributed by atoms with E-state index in [1.54, 1.807) is 18.2 Å². The molecule has 0 fully saturated rings. The van der Waals surface area contributed by atoms with Gasteiger partial charge in [-0.25, -0.2) is 17.7 Å². The van der Waals surface area contributed by atoms with Crippen LogP contribution in [0.1, 0.15) is 52.8 Å². The first-order chi connectivity index (χ1) is 13.6. The Morgan fingerprint density at radius 2 is 1.90 bits per heavy atom. The summed E-state index contributed by atoms with van der Waals surface area (Å²) in [5.74, 6) is 1.44. The second-order valence-corrected chi connectivity index (χ2v) is 10.3. The van der Waals surface area contributed by atoms with Gasteiger partial charge in [-0.15, -0.1) is 0 Å². The van der Waals surface area contributed by atoms with Crippen molar-refractivity contribution >= 4 is 27.0 Å². The van der Waals surface area contributed by atoms with Gasteiger partial charge >= 0.3 is 0 Å². The minimum absolute atomic E-state index is 0.0202. The number of carbonyl (C=O) groups is 1. The van der Waals surface area contributed by atoms with Crippen molar-refractivity contribution in [1.29, 1.82) is 0 Å². The number of sulfonamides is 1. The molecular weight excluding hydrogens is 388 g/mol. The van der Waals surface area contributed by atoms with Crippen LogP contribution in [0, 0.1) is 5.92 Å². The van der Waals surface area contributed by atoms with Crippen LogP contribution in [-0.4, -0.2) is 48.3 Å². The van der Waals surface area contributed by atoms with Gasteiger partial charge in [-0.1, -0.05) is 13.8 Å². The van der Waals surface area contributed by atoms with Crippen molar-refractivity contribution in [3.63, 3.8) is 0 Å². The molecule has 0 aliphatic rings. The molecule has 0 saturated carbocycles. The van der Waals surface area contributed by atoms with E-state index in [4.69, 9.17) is 0 Å². The van der Waals surface area contributed by atoms with Gasteiger partial charge in [0.1, 0.15) is 5.82 Å². The summed E-state index contributed by atoms with van der Waals surface area (Å²) in [6, 6.07) is 5.17. The van der Waals surface area contributed by atoms with Crippen LogP contribution in [0.25, 0.3) is 11.0 Å². The monoisotopic (exact) mass is 422 g/mol. The van der Waals surface area contributed by atoms with Crippen LogP contribution in [-0.2, 0) is 27.8 Å². The fraction of sp³-hybridized carbons (Fsp3) is 0.619. The molecule has 2 rings (SSSR count). The summed E-state index contributed by atoms with van der Waals surface area (Å²) >= 11 is 0. The summed E-state index contributed by atoms with van der Waals surface area (Å²) in [4.78, 5) is 17.2. The zero-order valence-corrected chi connectivity index (χ0v) is 19.2. The molecular formula is C21H34N4O3S. The summed E-state index contributed by atoms with van der Waals surface area (Å²) in [7, 11) is -0.489. The molecule has 7 nitrogen and oxygen atoms in total. The van der Waals surface area contributed by atoms with E-state index in [0.29, 0.717) is 30.8 Å². The lowest BCUT2D eigenvalue weighted by molar-refractivity contribution is -0.121. The minimum atomic E-state index is -3.51. The molecule has 0 bridgehead atoms. The molecule has 1 atom stereocenters. The first-order valence-electron chi connectivity index (χ1n) is 10.3. The van der Waals surface area contributed by atoms with E-state index in [1.807, 2.05) is 18.4 Å². The van der Waals surface area contributed by atoms with Gasteiger partial charge in [0.25, 0.3) is 0 Å². The largest absolute Gasteiger partial charge is 0.354 e. The van der Waals surface area contributed by atoms with Crippen molar-refractivity contribution in [2.75, 3.05) is 14.1 Å².